The van der Waals surface area contributed by atoms with Gasteiger partial charge in [-0.25, -0.2) is 4.39 Å². The minimum atomic E-state index is -1.32. The Morgan fingerprint density at radius 3 is 2.56 bits per heavy atom. The van der Waals surface area contributed by atoms with Crippen LogP contribution < -0.4 is 0 Å². The number of phenolic OH excluding ortho intramolecular Hbond substituents is 1. The second-order valence-corrected chi connectivity index (χ2v) is 4.27. The van der Waals surface area contributed by atoms with Crippen molar-refractivity contribution in [3.05, 3.63) is 29.6 Å². The quantitative estimate of drug-likeness (QED) is 0.730. The maximum absolute atomic E-state index is 13.1. The second-order valence-electron chi connectivity index (χ2n) is 4.27. The van der Waals surface area contributed by atoms with Gasteiger partial charge in [0.15, 0.2) is 0 Å². The molecule has 1 aromatic carbocycles. The van der Waals surface area contributed by atoms with Crippen LogP contribution in [0, 0.1) is 11.7 Å². The summed E-state index contributed by atoms with van der Waals surface area (Å²) in [4.78, 5) is 11.1. The number of rotatable bonds is 6. The maximum atomic E-state index is 13.1. The van der Waals surface area contributed by atoms with E-state index in [0.29, 0.717) is 12.8 Å². The summed E-state index contributed by atoms with van der Waals surface area (Å²) in [5, 5.41) is 28.3. The Morgan fingerprint density at radius 2 is 2.06 bits per heavy atom. The van der Waals surface area contributed by atoms with Crippen molar-refractivity contribution in [2.24, 2.45) is 5.92 Å². The number of carbonyl (C=O) groups is 1. The molecule has 1 rings (SSSR count). The Bertz CT molecular complexity index is 399. The number of hydrogen-bond donors (Lipinski definition) is 3. The lowest BCUT2D eigenvalue weighted by atomic mass is 9.91. The SMILES string of the molecule is CCCCC(C(=O)O)C(O)c1cc(O)cc(F)c1. The number of aliphatic hydroxyl groups is 1. The average Bonchev–Trinajstić information content (AvgIpc) is 2.27. The lowest BCUT2D eigenvalue weighted by molar-refractivity contribution is -0.146. The average molecular weight is 256 g/mol. The Hall–Kier alpha value is -1.62. The molecule has 18 heavy (non-hydrogen) atoms. The highest BCUT2D eigenvalue weighted by Crippen LogP contribution is 2.29. The predicted molar refractivity (Wildman–Crippen MR) is 63.7 cm³/mol. The second kappa shape index (κ2) is 6.35. The van der Waals surface area contributed by atoms with Crippen LogP contribution in [-0.2, 0) is 4.79 Å². The van der Waals surface area contributed by atoms with Crippen molar-refractivity contribution in [3.63, 3.8) is 0 Å². The molecule has 4 nitrogen and oxygen atoms in total. The normalized spacial score (nSPS) is 14.2. The lowest BCUT2D eigenvalue weighted by Crippen LogP contribution is -2.22. The van der Waals surface area contributed by atoms with Crippen LogP contribution in [0.5, 0.6) is 5.75 Å². The molecule has 0 spiro atoms. The van der Waals surface area contributed by atoms with Gasteiger partial charge in [-0.2, -0.15) is 0 Å². The summed E-state index contributed by atoms with van der Waals surface area (Å²) in [5.41, 5.74) is 0.0796. The predicted octanol–water partition coefficient (Wildman–Crippen LogP) is 2.46. The molecule has 2 atom stereocenters. The summed E-state index contributed by atoms with van der Waals surface area (Å²) >= 11 is 0. The number of carboxylic acid groups (broad SMARTS) is 1. The molecule has 0 heterocycles. The van der Waals surface area contributed by atoms with Gasteiger partial charge in [0.2, 0.25) is 0 Å². The molecule has 0 aliphatic carbocycles. The van der Waals surface area contributed by atoms with Gasteiger partial charge in [-0.05, 0) is 24.1 Å². The van der Waals surface area contributed by atoms with E-state index in [9.17, 15) is 19.4 Å². The van der Waals surface area contributed by atoms with Crippen LogP contribution in [0.3, 0.4) is 0 Å². The van der Waals surface area contributed by atoms with Gasteiger partial charge >= 0.3 is 5.97 Å². The van der Waals surface area contributed by atoms with Crippen molar-refractivity contribution in [3.8, 4) is 5.75 Å². The van der Waals surface area contributed by atoms with Crippen LogP contribution in [0.25, 0.3) is 0 Å². The van der Waals surface area contributed by atoms with Crippen LogP contribution in [0.15, 0.2) is 18.2 Å². The fraction of sp³-hybridized carbons (Fsp3) is 0.462. The van der Waals surface area contributed by atoms with Gasteiger partial charge in [-0.15, -0.1) is 0 Å². The fourth-order valence-electron chi connectivity index (χ4n) is 1.84. The summed E-state index contributed by atoms with van der Waals surface area (Å²) < 4.78 is 13.1. The molecule has 0 saturated carbocycles. The topological polar surface area (TPSA) is 77.8 Å². The number of benzene rings is 1. The molecule has 0 radical (unpaired) electrons. The Morgan fingerprint density at radius 1 is 1.39 bits per heavy atom. The molecule has 0 bridgehead atoms. The van der Waals surface area contributed by atoms with Crippen molar-refractivity contribution in [1.29, 1.82) is 0 Å². The first-order chi connectivity index (χ1) is 8.45. The number of hydrogen-bond acceptors (Lipinski definition) is 3. The van der Waals surface area contributed by atoms with Gasteiger partial charge in [-0.3, -0.25) is 4.79 Å². The third kappa shape index (κ3) is 3.70. The van der Waals surface area contributed by atoms with E-state index in [2.05, 4.69) is 0 Å². The van der Waals surface area contributed by atoms with Crippen molar-refractivity contribution in [1.82, 2.24) is 0 Å². The van der Waals surface area contributed by atoms with E-state index in [1.807, 2.05) is 6.92 Å². The summed E-state index contributed by atoms with van der Waals surface area (Å²) in [6, 6.07) is 3.11. The highest BCUT2D eigenvalue weighted by molar-refractivity contribution is 5.71. The van der Waals surface area contributed by atoms with E-state index in [-0.39, 0.29) is 11.3 Å². The molecule has 3 N–H and O–H groups in total. The van der Waals surface area contributed by atoms with Crippen LogP contribution >= 0.6 is 0 Å². The van der Waals surface area contributed by atoms with E-state index in [1.54, 1.807) is 0 Å². The molecule has 5 heteroatoms. The van der Waals surface area contributed by atoms with Gasteiger partial charge in [0.25, 0.3) is 0 Å². The van der Waals surface area contributed by atoms with Crippen LogP contribution in [0.1, 0.15) is 37.9 Å². The van der Waals surface area contributed by atoms with Crippen LogP contribution in [0.2, 0.25) is 0 Å². The van der Waals surface area contributed by atoms with Crippen molar-refractivity contribution < 1.29 is 24.5 Å². The van der Waals surface area contributed by atoms with Gasteiger partial charge in [0.1, 0.15) is 11.6 Å². The summed E-state index contributed by atoms with van der Waals surface area (Å²) in [6.45, 7) is 1.92. The number of unbranched alkanes of at least 4 members (excludes halogenated alkanes) is 1. The number of aliphatic hydroxyl groups excluding tert-OH is 1. The van der Waals surface area contributed by atoms with E-state index in [0.717, 1.165) is 18.6 Å². The summed E-state index contributed by atoms with van der Waals surface area (Å²) in [5.74, 6) is -3.15. The van der Waals surface area contributed by atoms with E-state index >= 15 is 0 Å². The number of phenols is 1. The van der Waals surface area contributed by atoms with Gasteiger partial charge in [0, 0.05) is 6.07 Å². The summed E-state index contributed by atoms with van der Waals surface area (Å²) in [7, 11) is 0. The number of halogens is 1. The molecule has 0 aliphatic heterocycles. The maximum Gasteiger partial charge on any atom is 0.309 e. The van der Waals surface area contributed by atoms with E-state index in [4.69, 9.17) is 5.11 Å². The standard InChI is InChI=1S/C13H17FO4/c1-2-3-4-11(13(17)18)12(16)8-5-9(14)7-10(15)6-8/h5-7,11-12,15-16H,2-4H2,1H3,(H,17,18). The minimum Gasteiger partial charge on any atom is -0.508 e. The largest absolute Gasteiger partial charge is 0.508 e. The molecule has 100 valence electrons. The zero-order chi connectivity index (χ0) is 13.7. The molecule has 1 aromatic rings. The first-order valence-corrected chi connectivity index (χ1v) is 5.86. The van der Waals surface area contributed by atoms with Gasteiger partial charge < -0.3 is 15.3 Å². The first-order valence-electron chi connectivity index (χ1n) is 5.86. The third-order valence-electron chi connectivity index (χ3n) is 2.81. The van der Waals surface area contributed by atoms with E-state index < -0.39 is 23.8 Å². The zero-order valence-electron chi connectivity index (χ0n) is 10.1. The third-order valence-corrected chi connectivity index (χ3v) is 2.81. The molecule has 0 amide bonds. The van der Waals surface area contributed by atoms with Crippen LogP contribution in [0.4, 0.5) is 4.39 Å². The minimum absolute atomic E-state index is 0.0796. The van der Waals surface area contributed by atoms with Crippen molar-refractivity contribution in [2.45, 2.75) is 32.3 Å². The Kier molecular flexibility index (Phi) is 5.09. The first kappa shape index (κ1) is 14.4. The van der Waals surface area contributed by atoms with Gasteiger partial charge in [0.05, 0.1) is 12.0 Å². The highest BCUT2D eigenvalue weighted by Gasteiger charge is 2.27. The molecule has 0 aliphatic rings. The Labute approximate surface area is 105 Å². The number of aromatic hydroxyl groups is 1. The lowest BCUT2D eigenvalue weighted by Gasteiger charge is -2.19. The molecule has 0 fully saturated rings. The fourth-order valence-corrected chi connectivity index (χ4v) is 1.84. The van der Waals surface area contributed by atoms with Crippen LogP contribution in [-0.4, -0.2) is 21.3 Å². The van der Waals surface area contributed by atoms with Crippen molar-refractivity contribution in [2.75, 3.05) is 0 Å². The highest BCUT2D eigenvalue weighted by atomic mass is 19.1. The number of aliphatic carboxylic acids is 1. The Balaban J connectivity index is 2.93. The molecule has 0 saturated heterocycles. The molecule has 2 unspecified atom stereocenters. The van der Waals surface area contributed by atoms with Gasteiger partial charge in [-0.1, -0.05) is 19.8 Å². The zero-order valence-corrected chi connectivity index (χ0v) is 10.1. The molecular formula is C13H17FO4. The molecular weight excluding hydrogens is 239 g/mol. The smallest absolute Gasteiger partial charge is 0.309 e. The van der Waals surface area contributed by atoms with E-state index in [1.165, 1.54) is 6.07 Å². The molecule has 0 aromatic heterocycles. The summed E-state index contributed by atoms with van der Waals surface area (Å²) in [6.07, 6.45) is 0.459. The monoisotopic (exact) mass is 256 g/mol. The number of carboxylic acids is 1. The van der Waals surface area contributed by atoms with Crippen molar-refractivity contribution >= 4 is 5.97 Å².